The Hall–Kier alpha value is -2.62. The van der Waals surface area contributed by atoms with Crippen LogP contribution in [0, 0.1) is 6.92 Å². The molecule has 0 unspecified atom stereocenters. The molecule has 0 heterocycles. The molecule has 0 atom stereocenters. The van der Waals surface area contributed by atoms with Crippen molar-refractivity contribution in [3.63, 3.8) is 0 Å². The lowest BCUT2D eigenvalue weighted by Gasteiger charge is -2.08. The number of hydrogen-bond acceptors (Lipinski definition) is 3. The van der Waals surface area contributed by atoms with Gasteiger partial charge in [0.25, 0.3) is 5.91 Å². The Morgan fingerprint density at radius 1 is 1.17 bits per heavy atom. The summed E-state index contributed by atoms with van der Waals surface area (Å²) in [7, 11) is 0. The second-order valence-corrected chi connectivity index (χ2v) is 5.69. The Kier molecular flexibility index (Phi) is 5.92. The molecule has 1 N–H and O–H groups in total. The summed E-state index contributed by atoms with van der Waals surface area (Å²) in [4.78, 5) is 16.8. The van der Waals surface area contributed by atoms with Gasteiger partial charge in [0.2, 0.25) is 0 Å². The Bertz CT molecular complexity index is 676. The molecule has 0 saturated heterocycles. The molecule has 2 aromatic carbocycles. The smallest absolute Gasteiger partial charge is 0.265 e. The molecule has 0 spiro atoms. The van der Waals surface area contributed by atoms with Gasteiger partial charge in [0.15, 0.2) is 6.61 Å². The maximum atomic E-state index is 11.8. The highest BCUT2D eigenvalue weighted by Crippen LogP contribution is 2.17. The molecule has 0 aliphatic rings. The van der Waals surface area contributed by atoms with E-state index in [9.17, 15) is 4.79 Å². The van der Waals surface area contributed by atoms with Crippen LogP contribution in [-0.2, 0) is 9.63 Å². The number of rotatable bonds is 6. The molecule has 2 aromatic rings. The van der Waals surface area contributed by atoms with Gasteiger partial charge in [-0.05, 0) is 41.7 Å². The third-order valence-corrected chi connectivity index (χ3v) is 3.51. The van der Waals surface area contributed by atoms with Crippen LogP contribution < -0.4 is 5.32 Å². The molecule has 2 rings (SSSR count). The Balaban J connectivity index is 1.80. The minimum atomic E-state index is -0.232. The van der Waals surface area contributed by atoms with Crippen molar-refractivity contribution in [1.82, 2.24) is 0 Å². The van der Waals surface area contributed by atoms with E-state index in [1.54, 1.807) is 6.21 Å². The first kappa shape index (κ1) is 16.7. The maximum Gasteiger partial charge on any atom is 0.265 e. The van der Waals surface area contributed by atoms with Crippen molar-refractivity contribution < 1.29 is 9.63 Å². The zero-order valence-corrected chi connectivity index (χ0v) is 13.7. The van der Waals surface area contributed by atoms with Crippen LogP contribution in [0.3, 0.4) is 0 Å². The van der Waals surface area contributed by atoms with Crippen LogP contribution in [0.2, 0.25) is 0 Å². The Morgan fingerprint density at radius 2 is 1.87 bits per heavy atom. The van der Waals surface area contributed by atoms with Gasteiger partial charge in [0.1, 0.15) is 0 Å². The highest BCUT2D eigenvalue weighted by Gasteiger charge is 2.04. The zero-order chi connectivity index (χ0) is 16.7. The summed E-state index contributed by atoms with van der Waals surface area (Å²) in [5.74, 6) is 0.239. The van der Waals surface area contributed by atoms with Gasteiger partial charge in [-0.2, -0.15) is 0 Å². The van der Waals surface area contributed by atoms with Gasteiger partial charge in [-0.15, -0.1) is 0 Å². The van der Waals surface area contributed by atoms with Crippen molar-refractivity contribution in [2.75, 3.05) is 11.9 Å². The predicted octanol–water partition coefficient (Wildman–Crippen LogP) is 4.11. The number of nitrogens with one attached hydrogen (secondary N) is 1. The Morgan fingerprint density at radius 3 is 2.52 bits per heavy atom. The van der Waals surface area contributed by atoms with E-state index >= 15 is 0 Å². The highest BCUT2D eigenvalue weighted by molar-refractivity contribution is 5.91. The van der Waals surface area contributed by atoms with E-state index in [4.69, 9.17) is 4.84 Å². The molecule has 23 heavy (non-hydrogen) atoms. The molecule has 0 aromatic heterocycles. The second kappa shape index (κ2) is 8.13. The van der Waals surface area contributed by atoms with Crippen LogP contribution in [0.25, 0.3) is 0 Å². The van der Waals surface area contributed by atoms with Gasteiger partial charge in [-0.3, -0.25) is 4.79 Å². The van der Waals surface area contributed by atoms with Crippen molar-refractivity contribution in [2.45, 2.75) is 26.7 Å². The molecule has 0 saturated carbocycles. The summed E-state index contributed by atoms with van der Waals surface area (Å²) < 4.78 is 0. The second-order valence-electron chi connectivity index (χ2n) is 5.69. The molecular weight excluding hydrogens is 288 g/mol. The minimum Gasteiger partial charge on any atom is -0.386 e. The van der Waals surface area contributed by atoms with Crippen LogP contribution in [0.5, 0.6) is 0 Å². The first-order valence-corrected chi connectivity index (χ1v) is 7.67. The SMILES string of the molecule is Cc1ccccc1/C=N\OCC(=O)Nc1ccc(C(C)C)cc1. The lowest BCUT2D eigenvalue weighted by atomic mass is 10.0. The number of hydrogen-bond donors (Lipinski definition) is 1. The lowest BCUT2D eigenvalue weighted by molar-refractivity contribution is -0.120. The van der Waals surface area contributed by atoms with E-state index in [2.05, 4.69) is 24.3 Å². The molecule has 0 bridgehead atoms. The summed E-state index contributed by atoms with van der Waals surface area (Å²) >= 11 is 0. The zero-order valence-electron chi connectivity index (χ0n) is 13.7. The third kappa shape index (κ3) is 5.25. The monoisotopic (exact) mass is 310 g/mol. The molecule has 0 radical (unpaired) electrons. The molecule has 4 nitrogen and oxygen atoms in total. The number of nitrogens with zero attached hydrogens (tertiary/aromatic N) is 1. The minimum absolute atomic E-state index is 0.117. The van der Waals surface area contributed by atoms with Crippen LogP contribution in [0.15, 0.2) is 53.7 Å². The fourth-order valence-corrected chi connectivity index (χ4v) is 2.07. The largest absolute Gasteiger partial charge is 0.386 e. The number of carbonyl (C=O) groups is 1. The molecule has 4 heteroatoms. The number of anilines is 1. The van der Waals surface area contributed by atoms with Crippen LogP contribution >= 0.6 is 0 Å². The van der Waals surface area contributed by atoms with E-state index in [0.29, 0.717) is 5.92 Å². The van der Waals surface area contributed by atoms with E-state index in [-0.39, 0.29) is 12.5 Å². The average Bonchev–Trinajstić information content (AvgIpc) is 2.53. The van der Waals surface area contributed by atoms with Crippen molar-refractivity contribution >= 4 is 17.8 Å². The molecule has 1 amide bonds. The standard InChI is InChI=1S/C19H22N2O2/c1-14(2)16-8-10-18(11-9-16)21-19(22)13-23-20-12-17-7-5-4-6-15(17)3/h4-12,14H,13H2,1-3H3,(H,21,22)/b20-12-. The average molecular weight is 310 g/mol. The third-order valence-electron chi connectivity index (χ3n) is 3.51. The van der Waals surface area contributed by atoms with Crippen molar-refractivity contribution in [2.24, 2.45) is 5.16 Å². The number of carbonyl (C=O) groups excluding carboxylic acids is 1. The van der Waals surface area contributed by atoms with Gasteiger partial charge in [0, 0.05) is 5.69 Å². The van der Waals surface area contributed by atoms with Gasteiger partial charge in [-0.1, -0.05) is 55.4 Å². The lowest BCUT2D eigenvalue weighted by Crippen LogP contribution is -2.17. The van der Waals surface area contributed by atoms with E-state index in [1.807, 2.05) is 55.5 Å². The summed E-state index contributed by atoms with van der Waals surface area (Å²) in [6, 6.07) is 15.6. The van der Waals surface area contributed by atoms with Crippen molar-refractivity contribution in [3.8, 4) is 0 Å². The fraction of sp³-hybridized carbons (Fsp3) is 0.263. The van der Waals surface area contributed by atoms with Gasteiger partial charge in [-0.25, -0.2) is 0 Å². The van der Waals surface area contributed by atoms with Crippen LogP contribution in [0.1, 0.15) is 36.5 Å². The number of amides is 1. The predicted molar refractivity (Wildman–Crippen MR) is 93.9 cm³/mol. The van der Waals surface area contributed by atoms with Crippen LogP contribution in [-0.4, -0.2) is 18.7 Å². The molecule has 0 aliphatic heterocycles. The summed E-state index contributed by atoms with van der Waals surface area (Å²) in [5.41, 5.74) is 4.07. The first-order valence-electron chi connectivity index (χ1n) is 7.67. The number of aryl methyl sites for hydroxylation is 1. The molecular formula is C19H22N2O2. The van der Waals surface area contributed by atoms with Crippen LogP contribution in [0.4, 0.5) is 5.69 Å². The normalized spacial score (nSPS) is 11.0. The highest BCUT2D eigenvalue weighted by atomic mass is 16.6. The molecule has 0 aliphatic carbocycles. The summed E-state index contributed by atoms with van der Waals surface area (Å²) in [5, 5.41) is 6.62. The number of oxime groups is 1. The number of benzene rings is 2. The first-order chi connectivity index (χ1) is 11.1. The van der Waals surface area contributed by atoms with Gasteiger partial charge >= 0.3 is 0 Å². The van der Waals surface area contributed by atoms with Gasteiger partial charge in [0.05, 0.1) is 6.21 Å². The summed E-state index contributed by atoms with van der Waals surface area (Å²) in [6.07, 6.45) is 1.61. The summed E-state index contributed by atoms with van der Waals surface area (Å²) in [6.45, 7) is 6.14. The topological polar surface area (TPSA) is 50.7 Å². The molecule has 0 fully saturated rings. The Labute approximate surface area is 137 Å². The van der Waals surface area contributed by atoms with Gasteiger partial charge < -0.3 is 10.2 Å². The fourth-order valence-electron chi connectivity index (χ4n) is 2.07. The quantitative estimate of drug-likeness (QED) is 0.645. The van der Waals surface area contributed by atoms with E-state index in [0.717, 1.165) is 16.8 Å². The van der Waals surface area contributed by atoms with Crippen molar-refractivity contribution in [1.29, 1.82) is 0 Å². The van der Waals surface area contributed by atoms with Crippen molar-refractivity contribution in [3.05, 3.63) is 65.2 Å². The van der Waals surface area contributed by atoms with E-state index in [1.165, 1.54) is 5.56 Å². The molecule has 120 valence electrons. The maximum absolute atomic E-state index is 11.8. The van der Waals surface area contributed by atoms with E-state index < -0.39 is 0 Å².